The lowest BCUT2D eigenvalue weighted by Crippen LogP contribution is -2.50. The first-order valence-corrected chi connectivity index (χ1v) is 7.47. The lowest BCUT2D eigenvalue weighted by Gasteiger charge is -2.34. The van der Waals surface area contributed by atoms with Crippen LogP contribution in [0.25, 0.3) is 0 Å². The van der Waals surface area contributed by atoms with Crippen LogP contribution in [0.1, 0.15) is 5.56 Å². The van der Waals surface area contributed by atoms with Crippen LogP contribution in [-0.4, -0.2) is 53.4 Å². The maximum absolute atomic E-state index is 13.7. The van der Waals surface area contributed by atoms with Gasteiger partial charge in [0.05, 0.1) is 11.4 Å². The first-order chi connectivity index (χ1) is 9.97. The minimum absolute atomic E-state index is 0.0131. The van der Waals surface area contributed by atoms with Gasteiger partial charge in [0.15, 0.2) is 0 Å². The normalized spacial score (nSPS) is 16.0. The number of amides is 1. The lowest BCUT2D eigenvalue weighted by atomic mass is 10.1. The molecule has 1 fully saturated rings. The summed E-state index contributed by atoms with van der Waals surface area (Å²) in [5.41, 5.74) is 5.77. The molecule has 7 heteroatoms. The number of nitrogens with two attached hydrogens (primary N) is 1. The molecule has 0 bridgehead atoms. The van der Waals surface area contributed by atoms with E-state index in [0.717, 1.165) is 0 Å². The zero-order valence-electron chi connectivity index (χ0n) is 11.5. The number of carbonyl (C=O) groups excluding carboxylic acids is 1. The van der Waals surface area contributed by atoms with E-state index < -0.39 is 5.82 Å². The van der Waals surface area contributed by atoms with Gasteiger partial charge in [-0.05, 0) is 12.1 Å². The Labute approximate surface area is 133 Å². The zero-order valence-corrected chi connectivity index (χ0v) is 13.1. The maximum atomic E-state index is 13.7. The van der Waals surface area contributed by atoms with Gasteiger partial charge < -0.3 is 10.6 Å². The molecule has 0 spiro atoms. The van der Waals surface area contributed by atoms with Gasteiger partial charge in [-0.3, -0.25) is 9.69 Å². The van der Waals surface area contributed by atoms with Crippen LogP contribution < -0.4 is 5.73 Å². The van der Waals surface area contributed by atoms with E-state index in [0.29, 0.717) is 37.7 Å². The van der Waals surface area contributed by atoms with E-state index >= 15 is 0 Å². The van der Waals surface area contributed by atoms with Crippen molar-refractivity contribution in [3.05, 3.63) is 34.6 Å². The number of nitrogens with zero attached hydrogens (tertiary/aromatic N) is 2. The summed E-state index contributed by atoms with van der Waals surface area (Å²) in [6, 6.07) is 4.43. The second-order valence-corrected chi connectivity index (χ2v) is 5.93. The quantitative estimate of drug-likeness (QED) is 0.850. The molecule has 0 aliphatic carbocycles. The number of rotatable bonds is 4. The summed E-state index contributed by atoms with van der Waals surface area (Å²) < 4.78 is 13.7. The number of carbonyl (C=O) groups is 1. The fourth-order valence-electron chi connectivity index (χ4n) is 2.34. The van der Waals surface area contributed by atoms with Crippen LogP contribution in [0.3, 0.4) is 0 Å². The van der Waals surface area contributed by atoms with Crippen molar-refractivity contribution >= 4 is 34.7 Å². The molecule has 2 N–H and O–H groups in total. The predicted molar refractivity (Wildman–Crippen MR) is 84.9 cm³/mol. The van der Waals surface area contributed by atoms with Gasteiger partial charge in [-0.2, -0.15) is 0 Å². The number of benzene rings is 1. The average molecular weight is 330 g/mol. The third-order valence-electron chi connectivity index (χ3n) is 3.49. The predicted octanol–water partition coefficient (Wildman–Crippen LogP) is 1.45. The zero-order chi connectivity index (χ0) is 15.4. The van der Waals surface area contributed by atoms with E-state index in [4.69, 9.17) is 29.6 Å². The number of halogens is 2. The van der Waals surface area contributed by atoms with E-state index in [2.05, 4.69) is 4.90 Å². The van der Waals surface area contributed by atoms with Gasteiger partial charge in [0.1, 0.15) is 5.82 Å². The Balaban J connectivity index is 1.92. The van der Waals surface area contributed by atoms with Gasteiger partial charge in [0.25, 0.3) is 0 Å². The molecule has 1 amide bonds. The van der Waals surface area contributed by atoms with Gasteiger partial charge in [0, 0.05) is 43.3 Å². The molecule has 1 heterocycles. The van der Waals surface area contributed by atoms with Crippen molar-refractivity contribution in [2.24, 2.45) is 5.73 Å². The van der Waals surface area contributed by atoms with Gasteiger partial charge in [-0.15, -0.1) is 0 Å². The highest BCUT2D eigenvalue weighted by atomic mass is 35.5. The summed E-state index contributed by atoms with van der Waals surface area (Å²) in [6.45, 7) is 3.18. The Morgan fingerprint density at radius 3 is 2.57 bits per heavy atom. The topological polar surface area (TPSA) is 49.6 Å². The Bertz CT molecular complexity index is 527. The van der Waals surface area contributed by atoms with Crippen LogP contribution in [0.15, 0.2) is 18.2 Å². The monoisotopic (exact) mass is 329 g/mol. The van der Waals surface area contributed by atoms with Crippen LogP contribution in [0.2, 0.25) is 5.02 Å². The van der Waals surface area contributed by atoms with Gasteiger partial charge in [0.2, 0.25) is 5.91 Å². The number of thiocarbonyl (C=S) groups is 1. The largest absolute Gasteiger partial charge is 0.392 e. The Hall–Kier alpha value is -1.24. The molecule has 21 heavy (non-hydrogen) atoms. The van der Waals surface area contributed by atoms with E-state index in [1.165, 1.54) is 12.1 Å². The van der Waals surface area contributed by atoms with E-state index in [9.17, 15) is 9.18 Å². The molecule has 0 aromatic heterocycles. The van der Waals surface area contributed by atoms with E-state index in [1.54, 1.807) is 11.0 Å². The molecular weight excluding hydrogens is 313 g/mol. The van der Waals surface area contributed by atoms with Crippen molar-refractivity contribution in [1.82, 2.24) is 9.80 Å². The Kier molecular flexibility index (Phi) is 5.50. The number of piperazine rings is 1. The Morgan fingerprint density at radius 2 is 2.00 bits per heavy atom. The molecule has 0 radical (unpaired) electrons. The summed E-state index contributed by atoms with van der Waals surface area (Å²) in [5, 5.41) is 0.287. The Morgan fingerprint density at radius 1 is 1.33 bits per heavy atom. The van der Waals surface area contributed by atoms with Crippen molar-refractivity contribution < 1.29 is 9.18 Å². The molecular formula is C14H17ClFN3OS. The molecule has 1 saturated heterocycles. The molecule has 1 aromatic carbocycles. The highest BCUT2D eigenvalue weighted by Gasteiger charge is 2.22. The highest BCUT2D eigenvalue weighted by molar-refractivity contribution is 7.80. The highest BCUT2D eigenvalue weighted by Crippen LogP contribution is 2.20. The first-order valence-electron chi connectivity index (χ1n) is 6.68. The standard InChI is InChI=1S/C14H17ClFN3OS/c15-11-2-1-3-12(16)10(11)8-14(20)19-6-4-18(5-7-19)9-13(17)21/h1-3H,4-9H2,(H2,17,21). The van der Waals surface area contributed by atoms with Crippen molar-refractivity contribution in [2.75, 3.05) is 32.7 Å². The van der Waals surface area contributed by atoms with Crippen LogP contribution >= 0.6 is 23.8 Å². The molecule has 1 aliphatic rings. The van der Waals surface area contributed by atoms with Crippen molar-refractivity contribution in [1.29, 1.82) is 0 Å². The van der Waals surface area contributed by atoms with Crippen LogP contribution in [-0.2, 0) is 11.2 Å². The van der Waals surface area contributed by atoms with Gasteiger partial charge >= 0.3 is 0 Å². The maximum Gasteiger partial charge on any atom is 0.227 e. The molecule has 0 atom stereocenters. The SMILES string of the molecule is NC(=S)CN1CCN(C(=O)Cc2c(F)cccc2Cl)CC1. The summed E-state index contributed by atoms with van der Waals surface area (Å²) in [4.78, 5) is 16.5. The first kappa shape index (κ1) is 16.1. The van der Waals surface area contributed by atoms with Crippen LogP contribution in [0.4, 0.5) is 4.39 Å². The van der Waals surface area contributed by atoms with Gasteiger partial charge in [-0.1, -0.05) is 29.9 Å². The fourth-order valence-corrected chi connectivity index (χ4v) is 2.75. The third-order valence-corrected chi connectivity index (χ3v) is 3.98. The fraction of sp³-hybridized carbons (Fsp3) is 0.429. The van der Waals surface area contributed by atoms with Crippen molar-refractivity contribution in [3.8, 4) is 0 Å². The van der Waals surface area contributed by atoms with Crippen molar-refractivity contribution in [3.63, 3.8) is 0 Å². The molecule has 4 nitrogen and oxygen atoms in total. The molecule has 1 aromatic rings. The summed E-state index contributed by atoms with van der Waals surface area (Å²) in [7, 11) is 0. The number of hydrogen-bond donors (Lipinski definition) is 1. The number of hydrogen-bond acceptors (Lipinski definition) is 3. The molecule has 114 valence electrons. The molecule has 2 rings (SSSR count). The second-order valence-electron chi connectivity index (χ2n) is 5.00. The molecule has 1 aliphatic heterocycles. The van der Waals surface area contributed by atoms with Crippen LogP contribution in [0, 0.1) is 5.82 Å². The minimum atomic E-state index is -0.442. The summed E-state index contributed by atoms with van der Waals surface area (Å²) >= 11 is 10.8. The lowest BCUT2D eigenvalue weighted by molar-refractivity contribution is -0.132. The molecule has 0 unspecified atom stereocenters. The summed E-state index contributed by atoms with van der Waals surface area (Å²) in [6.07, 6.45) is -0.0131. The molecule has 0 saturated carbocycles. The third kappa shape index (κ3) is 4.36. The second kappa shape index (κ2) is 7.15. The van der Waals surface area contributed by atoms with E-state index in [-0.39, 0.29) is 22.9 Å². The average Bonchev–Trinajstić information content (AvgIpc) is 2.43. The van der Waals surface area contributed by atoms with Gasteiger partial charge in [-0.25, -0.2) is 4.39 Å². The smallest absolute Gasteiger partial charge is 0.227 e. The van der Waals surface area contributed by atoms with Crippen LogP contribution in [0.5, 0.6) is 0 Å². The van der Waals surface area contributed by atoms with E-state index in [1.807, 2.05) is 0 Å². The minimum Gasteiger partial charge on any atom is -0.392 e. The van der Waals surface area contributed by atoms with Crippen molar-refractivity contribution in [2.45, 2.75) is 6.42 Å². The summed E-state index contributed by atoms with van der Waals surface area (Å²) in [5.74, 6) is -0.556.